The maximum atomic E-state index is 10.3. The molecule has 0 bridgehead atoms. The van der Waals surface area contributed by atoms with Crippen molar-refractivity contribution in [1.82, 2.24) is 0 Å². The van der Waals surface area contributed by atoms with Gasteiger partial charge in [-0.15, -0.1) is 0 Å². The molecule has 0 aromatic carbocycles. The Morgan fingerprint density at radius 2 is 1.09 bits per heavy atom. The molecule has 3 saturated heterocycles. The van der Waals surface area contributed by atoms with E-state index in [0.717, 1.165) is 0 Å². The molecule has 200 valence electrons. The highest BCUT2D eigenvalue weighted by Crippen LogP contribution is 2.37. The van der Waals surface area contributed by atoms with E-state index < -0.39 is 112 Å². The van der Waals surface area contributed by atoms with Crippen molar-refractivity contribution < 1.29 is 79.9 Å². The standard InChI is InChI=1S/C18H32O16/c19-1-6-10(24)14(28)17(4-21,32-6)30-3-8-9(23)12(26)13(27)16(31-8)34-18(5-22)15(29)11(25)7(2-20)33-18/h6-16,19-29H,1-5H2/t6-,7-,8-,9-,10-,11-,12+,13-,14+,15+,16?,17-,18+/m1/s1. The van der Waals surface area contributed by atoms with Gasteiger partial charge in [-0.2, -0.15) is 0 Å². The molecule has 1 unspecified atom stereocenters. The quantitative estimate of drug-likeness (QED) is 0.139. The summed E-state index contributed by atoms with van der Waals surface area (Å²) in [4.78, 5) is 0. The summed E-state index contributed by atoms with van der Waals surface area (Å²) in [6.45, 7) is -4.23. The predicted octanol–water partition coefficient (Wildman–Crippen LogP) is -7.57. The van der Waals surface area contributed by atoms with E-state index in [1.807, 2.05) is 0 Å². The minimum absolute atomic E-state index is 0.709. The number of aliphatic hydroxyl groups is 11. The molecule has 3 aliphatic rings. The number of aliphatic hydroxyl groups excluding tert-OH is 11. The molecule has 0 radical (unpaired) electrons. The van der Waals surface area contributed by atoms with Crippen molar-refractivity contribution in [2.24, 2.45) is 0 Å². The van der Waals surface area contributed by atoms with Gasteiger partial charge in [-0.05, 0) is 0 Å². The predicted molar refractivity (Wildman–Crippen MR) is 101 cm³/mol. The largest absolute Gasteiger partial charge is 0.394 e. The zero-order chi connectivity index (χ0) is 25.4. The van der Waals surface area contributed by atoms with E-state index in [9.17, 15) is 56.2 Å². The molecule has 0 saturated carbocycles. The van der Waals surface area contributed by atoms with E-state index >= 15 is 0 Å². The van der Waals surface area contributed by atoms with Crippen molar-refractivity contribution in [3.63, 3.8) is 0 Å². The van der Waals surface area contributed by atoms with Crippen LogP contribution in [0.2, 0.25) is 0 Å². The van der Waals surface area contributed by atoms with Crippen molar-refractivity contribution in [1.29, 1.82) is 0 Å². The summed E-state index contributed by atoms with van der Waals surface area (Å²) in [6, 6.07) is 0. The van der Waals surface area contributed by atoms with Crippen LogP contribution < -0.4 is 0 Å². The number of ether oxygens (including phenoxy) is 5. The molecule has 16 nitrogen and oxygen atoms in total. The zero-order valence-electron chi connectivity index (χ0n) is 17.8. The fraction of sp³-hybridized carbons (Fsp3) is 1.00. The van der Waals surface area contributed by atoms with Gasteiger partial charge in [0.05, 0.1) is 19.8 Å². The van der Waals surface area contributed by atoms with Crippen LogP contribution in [0, 0.1) is 0 Å². The molecule has 0 aromatic rings. The van der Waals surface area contributed by atoms with Crippen molar-refractivity contribution >= 4 is 0 Å². The zero-order valence-corrected chi connectivity index (χ0v) is 17.8. The van der Waals surface area contributed by atoms with E-state index in [1.165, 1.54) is 0 Å². The summed E-state index contributed by atoms with van der Waals surface area (Å²) in [7, 11) is 0. The molecule has 0 spiro atoms. The van der Waals surface area contributed by atoms with Gasteiger partial charge in [-0.3, -0.25) is 0 Å². The third kappa shape index (κ3) is 4.71. The summed E-state index contributed by atoms with van der Waals surface area (Å²) < 4.78 is 26.6. The maximum absolute atomic E-state index is 10.3. The minimum atomic E-state index is -2.37. The van der Waals surface area contributed by atoms with Gasteiger partial charge in [-0.25, -0.2) is 0 Å². The lowest BCUT2D eigenvalue weighted by atomic mass is 9.98. The summed E-state index contributed by atoms with van der Waals surface area (Å²) >= 11 is 0. The second kappa shape index (κ2) is 10.8. The van der Waals surface area contributed by atoms with Crippen LogP contribution in [0.1, 0.15) is 0 Å². The smallest absolute Gasteiger partial charge is 0.224 e. The Labute approximate surface area is 192 Å². The van der Waals surface area contributed by atoms with E-state index in [1.54, 1.807) is 0 Å². The van der Waals surface area contributed by atoms with E-state index in [4.69, 9.17) is 23.7 Å². The van der Waals surface area contributed by atoms with Crippen LogP contribution in [0.3, 0.4) is 0 Å². The third-order valence-corrected chi connectivity index (χ3v) is 6.29. The molecule has 11 N–H and O–H groups in total. The number of hydrogen-bond donors (Lipinski definition) is 11. The lowest BCUT2D eigenvalue weighted by molar-refractivity contribution is -0.389. The highest BCUT2D eigenvalue weighted by Gasteiger charge is 2.59. The van der Waals surface area contributed by atoms with Crippen LogP contribution in [-0.2, 0) is 23.7 Å². The SMILES string of the molecule is OC[C@H]1O[C@@](CO)(OC[C@H]2OC(O[C@]3(CO)O[C@H](CO)[C@@H](O)[C@@H]3O)[C@H](O)[C@@H](O)[C@@H]2O)[C@@H](O)[C@@H]1O. The van der Waals surface area contributed by atoms with Crippen LogP contribution in [-0.4, -0.2) is 168 Å². The molecule has 3 fully saturated rings. The van der Waals surface area contributed by atoms with Gasteiger partial charge in [0.2, 0.25) is 11.6 Å². The molecule has 34 heavy (non-hydrogen) atoms. The monoisotopic (exact) mass is 504 g/mol. The van der Waals surface area contributed by atoms with Crippen LogP contribution in [0.25, 0.3) is 0 Å². The first kappa shape index (κ1) is 27.9. The van der Waals surface area contributed by atoms with Crippen molar-refractivity contribution in [3.05, 3.63) is 0 Å². The van der Waals surface area contributed by atoms with Crippen molar-refractivity contribution in [2.45, 2.75) is 78.9 Å². The first-order valence-electron chi connectivity index (χ1n) is 10.5. The Balaban J connectivity index is 1.74. The first-order chi connectivity index (χ1) is 16.0. The Morgan fingerprint density at radius 3 is 1.56 bits per heavy atom. The molecule has 0 amide bonds. The van der Waals surface area contributed by atoms with E-state index in [2.05, 4.69) is 0 Å². The highest BCUT2D eigenvalue weighted by molar-refractivity contribution is 4.99. The maximum Gasteiger partial charge on any atom is 0.224 e. The van der Waals surface area contributed by atoms with Gasteiger partial charge in [0.1, 0.15) is 74.3 Å². The Bertz CT molecular complexity index is 668. The average molecular weight is 504 g/mol. The molecule has 16 heteroatoms. The van der Waals surface area contributed by atoms with E-state index in [-0.39, 0.29) is 0 Å². The van der Waals surface area contributed by atoms with Crippen molar-refractivity contribution in [2.75, 3.05) is 33.0 Å². The van der Waals surface area contributed by atoms with Crippen LogP contribution in [0.15, 0.2) is 0 Å². The van der Waals surface area contributed by atoms with Crippen LogP contribution in [0.5, 0.6) is 0 Å². The Kier molecular flexibility index (Phi) is 8.85. The Hall–Kier alpha value is -0.640. The van der Waals surface area contributed by atoms with Gasteiger partial charge in [0, 0.05) is 0 Å². The highest BCUT2D eigenvalue weighted by atomic mass is 16.8. The number of rotatable bonds is 9. The fourth-order valence-corrected chi connectivity index (χ4v) is 4.14. The normalized spacial score (nSPS) is 51.8. The summed E-state index contributed by atoms with van der Waals surface area (Å²) in [6.07, 6.45) is -18.7. The molecule has 3 rings (SSSR count). The molecule has 3 aliphatic heterocycles. The van der Waals surface area contributed by atoms with E-state index in [0.29, 0.717) is 0 Å². The van der Waals surface area contributed by atoms with Gasteiger partial charge < -0.3 is 79.9 Å². The van der Waals surface area contributed by atoms with Gasteiger partial charge in [0.15, 0.2) is 6.29 Å². The average Bonchev–Trinajstić information content (AvgIpc) is 3.24. The van der Waals surface area contributed by atoms with Crippen LogP contribution >= 0.6 is 0 Å². The topological polar surface area (TPSA) is 269 Å². The lowest BCUT2D eigenvalue weighted by Gasteiger charge is -2.44. The Morgan fingerprint density at radius 1 is 0.588 bits per heavy atom. The fourth-order valence-electron chi connectivity index (χ4n) is 4.14. The van der Waals surface area contributed by atoms with Crippen molar-refractivity contribution in [3.8, 4) is 0 Å². The molecular formula is C18H32O16. The van der Waals surface area contributed by atoms with Gasteiger partial charge in [-0.1, -0.05) is 0 Å². The summed E-state index contributed by atoms with van der Waals surface area (Å²) in [5.41, 5.74) is 0. The summed E-state index contributed by atoms with van der Waals surface area (Å²) in [5, 5.41) is 109. The molecular weight excluding hydrogens is 472 g/mol. The van der Waals surface area contributed by atoms with Gasteiger partial charge >= 0.3 is 0 Å². The lowest BCUT2D eigenvalue weighted by Crippen LogP contribution is -2.63. The van der Waals surface area contributed by atoms with Crippen LogP contribution in [0.4, 0.5) is 0 Å². The molecule has 0 aromatic heterocycles. The molecule has 3 heterocycles. The molecule has 13 atom stereocenters. The first-order valence-corrected chi connectivity index (χ1v) is 10.5. The van der Waals surface area contributed by atoms with Gasteiger partial charge in [0.25, 0.3) is 0 Å². The summed E-state index contributed by atoms with van der Waals surface area (Å²) in [5.74, 6) is -4.59. The minimum Gasteiger partial charge on any atom is -0.394 e. The third-order valence-electron chi connectivity index (χ3n) is 6.29. The molecule has 0 aliphatic carbocycles. The number of hydrogen-bond acceptors (Lipinski definition) is 16. The second-order valence-corrected chi connectivity index (χ2v) is 8.43. The second-order valence-electron chi connectivity index (χ2n) is 8.43.